The van der Waals surface area contributed by atoms with Gasteiger partial charge in [0.1, 0.15) is 5.56 Å². The minimum Gasteiger partial charge on any atom is -0.462 e. The summed E-state index contributed by atoms with van der Waals surface area (Å²) >= 11 is 0. The van der Waals surface area contributed by atoms with Gasteiger partial charge in [-0.1, -0.05) is 0 Å². The highest BCUT2D eigenvalue weighted by molar-refractivity contribution is 6.04. The van der Waals surface area contributed by atoms with Gasteiger partial charge in [-0.15, -0.1) is 0 Å². The van der Waals surface area contributed by atoms with Crippen molar-refractivity contribution < 1.29 is 22.7 Å². The number of esters is 1. The Morgan fingerprint density at radius 2 is 2.00 bits per heavy atom. The Bertz CT molecular complexity index is 1070. The number of rotatable bonds is 4. The lowest BCUT2D eigenvalue weighted by Crippen LogP contribution is -2.36. The van der Waals surface area contributed by atoms with Gasteiger partial charge in [-0.25, -0.2) is 9.78 Å². The molecule has 0 N–H and O–H groups in total. The highest BCUT2D eigenvalue weighted by Crippen LogP contribution is 2.35. The third-order valence-electron chi connectivity index (χ3n) is 5.28. The maximum absolute atomic E-state index is 12.8. The molecule has 8 nitrogen and oxygen atoms in total. The van der Waals surface area contributed by atoms with Crippen molar-refractivity contribution in [3.05, 3.63) is 35.9 Å². The minimum absolute atomic E-state index is 0.144. The highest BCUT2D eigenvalue weighted by Gasteiger charge is 2.35. The van der Waals surface area contributed by atoms with E-state index in [0.29, 0.717) is 42.8 Å². The van der Waals surface area contributed by atoms with Gasteiger partial charge in [-0.05, 0) is 25.8 Å². The number of fused-ring (bicyclic) bond motifs is 1. The Morgan fingerprint density at radius 1 is 1.27 bits per heavy atom. The lowest BCUT2D eigenvalue weighted by molar-refractivity contribution is -0.141. The van der Waals surface area contributed by atoms with Gasteiger partial charge in [0, 0.05) is 32.5 Å². The van der Waals surface area contributed by atoms with Crippen molar-refractivity contribution in [2.75, 3.05) is 24.6 Å². The number of nitrogens with zero attached hydrogens (tertiary/aromatic N) is 6. The number of piperidine rings is 1. The maximum atomic E-state index is 12.8. The number of aryl methyl sites for hydroxylation is 1. The molecular formula is C19H21F3N6O2. The topological polar surface area (TPSA) is 78.1 Å². The summed E-state index contributed by atoms with van der Waals surface area (Å²) in [5, 5.41) is 8.68. The third kappa shape index (κ3) is 3.59. The summed E-state index contributed by atoms with van der Waals surface area (Å²) in [5.74, 6) is -0.463. The number of alkyl halides is 3. The van der Waals surface area contributed by atoms with Crippen LogP contribution in [0.4, 0.5) is 18.9 Å². The van der Waals surface area contributed by atoms with E-state index < -0.39 is 17.8 Å². The molecule has 1 aliphatic heterocycles. The summed E-state index contributed by atoms with van der Waals surface area (Å²) in [6.45, 7) is 3.07. The van der Waals surface area contributed by atoms with Crippen molar-refractivity contribution in [1.82, 2.24) is 24.5 Å². The van der Waals surface area contributed by atoms with E-state index >= 15 is 0 Å². The fourth-order valence-electron chi connectivity index (χ4n) is 3.83. The highest BCUT2D eigenvalue weighted by atomic mass is 19.4. The molecule has 4 heterocycles. The molecule has 1 saturated heterocycles. The van der Waals surface area contributed by atoms with E-state index in [1.54, 1.807) is 24.9 Å². The first kappa shape index (κ1) is 20.2. The number of aromatic nitrogens is 5. The normalized spacial score (nSPS) is 15.7. The summed E-state index contributed by atoms with van der Waals surface area (Å²) in [4.78, 5) is 18.9. The number of carbonyl (C=O) groups excluding carboxylic acids is 1. The molecule has 30 heavy (non-hydrogen) atoms. The van der Waals surface area contributed by atoms with Gasteiger partial charge < -0.3 is 9.64 Å². The van der Waals surface area contributed by atoms with Gasteiger partial charge in [-0.3, -0.25) is 9.36 Å². The fraction of sp³-hybridized carbons (Fsp3) is 0.474. The van der Waals surface area contributed by atoms with Crippen LogP contribution in [0.2, 0.25) is 0 Å². The van der Waals surface area contributed by atoms with E-state index in [1.165, 1.54) is 17.1 Å². The van der Waals surface area contributed by atoms with Crippen LogP contribution in [0, 0.1) is 0 Å². The molecule has 0 unspecified atom stereocenters. The van der Waals surface area contributed by atoms with Crippen molar-refractivity contribution >= 4 is 22.7 Å². The van der Waals surface area contributed by atoms with Crippen LogP contribution in [0.25, 0.3) is 11.0 Å². The zero-order valence-electron chi connectivity index (χ0n) is 16.6. The molecule has 160 valence electrons. The smallest absolute Gasteiger partial charge is 0.435 e. The van der Waals surface area contributed by atoms with Gasteiger partial charge in [0.15, 0.2) is 11.3 Å². The van der Waals surface area contributed by atoms with Crippen LogP contribution >= 0.6 is 0 Å². The lowest BCUT2D eigenvalue weighted by Gasteiger charge is -2.34. The fourth-order valence-corrected chi connectivity index (χ4v) is 3.83. The minimum atomic E-state index is -4.45. The summed E-state index contributed by atoms with van der Waals surface area (Å²) in [5.41, 5.74) is 0.804. The van der Waals surface area contributed by atoms with Gasteiger partial charge in [0.05, 0.1) is 29.9 Å². The zero-order chi connectivity index (χ0) is 21.5. The maximum Gasteiger partial charge on any atom is 0.435 e. The Morgan fingerprint density at radius 3 is 2.63 bits per heavy atom. The standard InChI is InChI=1S/C19H21F3N6O2/c1-3-30-18(29)14-10-23-17-13(11-24-26(17)2)16(14)27-7-4-12(5-8-27)28-9-6-15(25-28)19(20,21)22/h6,9-12H,3-5,7-8H2,1-2H3. The molecule has 0 aliphatic carbocycles. The van der Waals surface area contributed by atoms with Crippen molar-refractivity contribution in [1.29, 1.82) is 0 Å². The monoisotopic (exact) mass is 422 g/mol. The zero-order valence-corrected chi connectivity index (χ0v) is 16.6. The number of pyridine rings is 1. The molecule has 1 fully saturated rings. The van der Waals surface area contributed by atoms with Crippen LogP contribution in [0.15, 0.2) is 24.7 Å². The second-order valence-electron chi connectivity index (χ2n) is 7.14. The first-order chi connectivity index (χ1) is 14.3. The number of anilines is 1. The molecule has 0 aromatic carbocycles. The molecule has 11 heteroatoms. The second kappa shape index (κ2) is 7.62. The molecular weight excluding hydrogens is 401 g/mol. The Balaban J connectivity index is 1.60. The van der Waals surface area contributed by atoms with E-state index in [4.69, 9.17) is 4.74 Å². The van der Waals surface area contributed by atoms with E-state index in [1.807, 2.05) is 4.90 Å². The SMILES string of the molecule is CCOC(=O)c1cnc2c(cnn2C)c1N1CCC(n2ccc(C(F)(F)F)n2)CC1. The van der Waals surface area contributed by atoms with Crippen molar-refractivity contribution in [2.45, 2.75) is 32.0 Å². The molecule has 0 atom stereocenters. The number of ether oxygens (including phenoxy) is 1. The average molecular weight is 422 g/mol. The molecule has 3 aromatic rings. The van der Waals surface area contributed by atoms with Crippen LogP contribution in [-0.4, -0.2) is 50.2 Å². The Labute approximate surface area is 170 Å². The van der Waals surface area contributed by atoms with Crippen molar-refractivity contribution in [3.8, 4) is 0 Å². The number of halogens is 3. The predicted octanol–water partition coefficient (Wildman–Crippen LogP) is 3.20. The summed E-state index contributed by atoms with van der Waals surface area (Å²) in [6.07, 6.45) is 1.25. The Kier molecular flexibility index (Phi) is 5.12. The molecule has 0 bridgehead atoms. The molecule has 0 saturated carbocycles. The molecule has 0 amide bonds. The lowest BCUT2D eigenvalue weighted by atomic mass is 10.0. The summed E-state index contributed by atoms with van der Waals surface area (Å²) in [6, 6.07) is 0.849. The second-order valence-corrected chi connectivity index (χ2v) is 7.14. The van der Waals surface area contributed by atoms with E-state index in [2.05, 4.69) is 15.2 Å². The first-order valence-electron chi connectivity index (χ1n) is 9.64. The van der Waals surface area contributed by atoms with E-state index in [0.717, 1.165) is 11.5 Å². The average Bonchev–Trinajstić information content (AvgIpc) is 3.35. The summed E-state index contributed by atoms with van der Waals surface area (Å²) < 4.78 is 46.7. The van der Waals surface area contributed by atoms with Crippen LogP contribution < -0.4 is 4.90 Å². The number of hydrogen-bond acceptors (Lipinski definition) is 6. The third-order valence-corrected chi connectivity index (χ3v) is 5.28. The van der Waals surface area contributed by atoms with Crippen LogP contribution in [0.3, 0.4) is 0 Å². The van der Waals surface area contributed by atoms with Gasteiger partial charge in [-0.2, -0.15) is 23.4 Å². The molecule has 3 aromatic heterocycles. The van der Waals surface area contributed by atoms with Crippen molar-refractivity contribution in [3.63, 3.8) is 0 Å². The van der Waals surface area contributed by atoms with Crippen LogP contribution in [0.1, 0.15) is 41.9 Å². The van der Waals surface area contributed by atoms with Crippen LogP contribution in [-0.2, 0) is 18.0 Å². The molecule has 0 spiro atoms. The molecule has 0 radical (unpaired) electrons. The molecule has 4 rings (SSSR count). The first-order valence-corrected chi connectivity index (χ1v) is 9.64. The largest absolute Gasteiger partial charge is 0.462 e. The van der Waals surface area contributed by atoms with Crippen LogP contribution in [0.5, 0.6) is 0 Å². The number of hydrogen-bond donors (Lipinski definition) is 0. The Hall–Kier alpha value is -3.11. The number of carbonyl (C=O) groups is 1. The molecule has 1 aliphatic rings. The quantitative estimate of drug-likeness (QED) is 0.601. The van der Waals surface area contributed by atoms with E-state index in [9.17, 15) is 18.0 Å². The van der Waals surface area contributed by atoms with E-state index in [-0.39, 0.29) is 12.6 Å². The predicted molar refractivity (Wildman–Crippen MR) is 102 cm³/mol. The van der Waals surface area contributed by atoms with Gasteiger partial charge in [0.25, 0.3) is 0 Å². The van der Waals surface area contributed by atoms with Crippen molar-refractivity contribution in [2.24, 2.45) is 7.05 Å². The van der Waals surface area contributed by atoms with Gasteiger partial charge in [0.2, 0.25) is 0 Å². The van der Waals surface area contributed by atoms with Gasteiger partial charge >= 0.3 is 12.1 Å². The summed E-state index contributed by atoms with van der Waals surface area (Å²) in [7, 11) is 1.77.